The first kappa shape index (κ1) is 23.6. The zero-order chi connectivity index (χ0) is 25.3. The summed E-state index contributed by atoms with van der Waals surface area (Å²) in [6.45, 7) is 6.60. The summed E-state index contributed by atoms with van der Waals surface area (Å²) < 4.78 is 7.74. The van der Waals surface area contributed by atoms with E-state index >= 15 is 0 Å². The molecule has 0 unspecified atom stereocenters. The fraction of sp³-hybridized carbons (Fsp3) is 0.188. The van der Waals surface area contributed by atoms with E-state index in [0.717, 1.165) is 50.5 Å². The van der Waals surface area contributed by atoms with Crippen molar-refractivity contribution in [1.82, 2.24) is 9.55 Å². The van der Waals surface area contributed by atoms with Gasteiger partial charge in [0.2, 0.25) is 0 Å². The molecule has 4 nitrogen and oxygen atoms in total. The lowest BCUT2D eigenvalue weighted by Crippen LogP contribution is -2.10. The van der Waals surface area contributed by atoms with Gasteiger partial charge in [-0.15, -0.1) is 0 Å². The molecular weight excluding hydrogens is 442 g/mol. The van der Waals surface area contributed by atoms with Crippen LogP contribution in [0.1, 0.15) is 32.2 Å². The minimum Gasteiger partial charge on any atom is -0.494 e. The van der Waals surface area contributed by atoms with Gasteiger partial charge in [0, 0.05) is 18.2 Å². The van der Waals surface area contributed by atoms with E-state index in [1.54, 1.807) is 7.11 Å². The molecule has 0 amide bonds. The minimum atomic E-state index is 0.0175. The molecule has 5 rings (SSSR count). The topological polar surface area (TPSA) is 39.4 Å². The van der Waals surface area contributed by atoms with Crippen molar-refractivity contribution in [2.24, 2.45) is 12.0 Å². The van der Waals surface area contributed by atoms with Crippen molar-refractivity contribution in [3.8, 4) is 28.0 Å². The lowest BCUT2D eigenvalue weighted by molar-refractivity contribution is 0.415. The van der Waals surface area contributed by atoms with Gasteiger partial charge < -0.3 is 9.30 Å². The number of hydrogen-bond acceptors (Lipinski definition) is 3. The Balaban J connectivity index is 1.69. The molecule has 0 atom stereocenters. The Morgan fingerprint density at radius 1 is 0.806 bits per heavy atom. The van der Waals surface area contributed by atoms with E-state index in [-0.39, 0.29) is 5.41 Å². The standard InChI is InChI=1S/C32H31N3O/c1-32(2,3)24-16-19-28(36-5)27(20-24)33-21-29-34-30-25(22-12-8-6-9-13-22)17-18-26(31(30)35(29)4)23-14-10-7-11-15-23/h6-21H,1-5H3/b33-21+. The van der Waals surface area contributed by atoms with Crippen LogP contribution in [0.15, 0.2) is 96.0 Å². The van der Waals surface area contributed by atoms with Crippen LogP contribution in [0.4, 0.5) is 5.69 Å². The van der Waals surface area contributed by atoms with Gasteiger partial charge >= 0.3 is 0 Å². The third-order valence-corrected chi connectivity index (χ3v) is 6.59. The molecule has 0 aliphatic carbocycles. The molecule has 0 aliphatic heterocycles. The smallest absolute Gasteiger partial charge is 0.152 e. The number of nitrogens with zero attached hydrogens (tertiary/aromatic N) is 3. The van der Waals surface area contributed by atoms with Crippen molar-refractivity contribution in [2.45, 2.75) is 26.2 Å². The Labute approximate surface area is 212 Å². The van der Waals surface area contributed by atoms with Crippen LogP contribution < -0.4 is 4.74 Å². The number of fused-ring (bicyclic) bond motifs is 1. The fourth-order valence-electron chi connectivity index (χ4n) is 4.54. The highest BCUT2D eigenvalue weighted by Gasteiger charge is 2.18. The summed E-state index contributed by atoms with van der Waals surface area (Å²) in [5.41, 5.74) is 8.61. The Kier molecular flexibility index (Phi) is 6.19. The van der Waals surface area contributed by atoms with Crippen LogP contribution in [0.3, 0.4) is 0 Å². The summed E-state index contributed by atoms with van der Waals surface area (Å²) in [7, 11) is 3.74. The number of imidazole rings is 1. The predicted molar refractivity (Wildman–Crippen MR) is 151 cm³/mol. The van der Waals surface area contributed by atoms with Crippen LogP contribution in [0.2, 0.25) is 0 Å². The second-order valence-corrected chi connectivity index (χ2v) is 10.0. The number of rotatable bonds is 5. The summed E-state index contributed by atoms with van der Waals surface area (Å²) in [6.07, 6.45) is 1.84. The Bertz CT molecular complexity index is 1540. The van der Waals surface area contributed by atoms with Gasteiger partial charge in [0.1, 0.15) is 11.4 Å². The first-order valence-corrected chi connectivity index (χ1v) is 12.2. The molecule has 5 aromatic rings. The normalized spacial score (nSPS) is 11.9. The van der Waals surface area contributed by atoms with Gasteiger partial charge in [0.05, 0.1) is 24.4 Å². The molecule has 1 heterocycles. The van der Waals surface area contributed by atoms with E-state index in [1.807, 2.05) is 24.4 Å². The first-order valence-electron chi connectivity index (χ1n) is 12.2. The van der Waals surface area contributed by atoms with E-state index in [1.165, 1.54) is 5.56 Å². The highest BCUT2D eigenvalue weighted by atomic mass is 16.5. The molecule has 0 bridgehead atoms. The molecule has 0 saturated carbocycles. The van der Waals surface area contributed by atoms with Crippen LogP contribution in [0, 0.1) is 0 Å². The van der Waals surface area contributed by atoms with Crippen LogP contribution in [-0.2, 0) is 12.5 Å². The molecule has 0 aliphatic rings. The van der Waals surface area contributed by atoms with Crippen LogP contribution in [0.5, 0.6) is 5.75 Å². The Morgan fingerprint density at radius 3 is 2.03 bits per heavy atom. The molecule has 0 N–H and O–H groups in total. The number of methoxy groups -OCH3 is 1. The van der Waals surface area contributed by atoms with Gasteiger partial charge in [-0.1, -0.05) is 99.6 Å². The van der Waals surface area contributed by atoms with Crippen LogP contribution >= 0.6 is 0 Å². The molecule has 4 heteroatoms. The number of aliphatic imine (C=N–C) groups is 1. The summed E-state index contributed by atoms with van der Waals surface area (Å²) >= 11 is 0. The van der Waals surface area contributed by atoms with Crippen LogP contribution in [-0.4, -0.2) is 22.9 Å². The molecular formula is C32H31N3O. The molecule has 0 fully saturated rings. The monoisotopic (exact) mass is 473 g/mol. The summed E-state index contributed by atoms with van der Waals surface area (Å²) in [5, 5.41) is 0. The summed E-state index contributed by atoms with van der Waals surface area (Å²) in [5.74, 6) is 1.53. The number of aryl methyl sites for hydroxylation is 1. The highest BCUT2D eigenvalue weighted by Crippen LogP contribution is 2.36. The Morgan fingerprint density at radius 2 is 1.42 bits per heavy atom. The van der Waals surface area contributed by atoms with Crippen molar-refractivity contribution < 1.29 is 4.74 Å². The van der Waals surface area contributed by atoms with Crippen molar-refractivity contribution in [3.05, 3.63) is 102 Å². The second kappa shape index (κ2) is 9.46. The van der Waals surface area contributed by atoms with Crippen molar-refractivity contribution in [3.63, 3.8) is 0 Å². The van der Waals surface area contributed by atoms with E-state index < -0.39 is 0 Å². The minimum absolute atomic E-state index is 0.0175. The molecule has 0 radical (unpaired) electrons. The molecule has 36 heavy (non-hydrogen) atoms. The van der Waals surface area contributed by atoms with Gasteiger partial charge in [0.15, 0.2) is 5.82 Å². The van der Waals surface area contributed by atoms with E-state index in [2.05, 4.69) is 105 Å². The SMILES string of the molecule is COc1ccc(C(C)(C)C)cc1/N=C/c1nc2c(-c3ccccc3)ccc(-c3ccccc3)c2n1C. The summed E-state index contributed by atoms with van der Waals surface area (Å²) in [4.78, 5) is 9.94. The third kappa shape index (κ3) is 4.42. The average molecular weight is 474 g/mol. The predicted octanol–water partition coefficient (Wildman–Crippen LogP) is 7.96. The van der Waals surface area contributed by atoms with Gasteiger partial charge in [0.25, 0.3) is 0 Å². The molecule has 1 aromatic heterocycles. The maximum atomic E-state index is 5.60. The molecule has 180 valence electrons. The largest absolute Gasteiger partial charge is 0.494 e. The zero-order valence-electron chi connectivity index (χ0n) is 21.5. The summed E-state index contributed by atoms with van der Waals surface area (Å²) in [6, 6.07) is 31.4. The quantitative estimate of drug-likeness (QED) is 0.243. The van der Waals surface area contributed by atoms with Gasteiger partial charge in [-0.25, -0.2) is 9.98 Å². The van der Waals surface area contributed by atoms with Crippen LogP contribution in [0.25, 0.3) is 33.3 Å². The van der Waals surface area contributed by atoms with Gasteiger partial charge in [-0.3, -0.25) is 0 Å². The maximum absolute atomic E-state index is 5.60. The lowest BCUT2D eigenvalue weighted by Gasteiger charge is -2.20. The Hall–Kier alpha value is -4.18. The average Bonchev–Trinajstić information content (AvgIpc) is 3.23. The molecule has 4 aromatic carbocycles. The third-order valence-electron chi connectivity index (χ3n) is 6.59. The number of hydrogen-bond donors (Lipinski definition) is 0. The lowest BCUT2D eigenvalue weighted by atomic mass is 9.87. The maximum Gasteiger partial charge on any atom is 0.152 e. The number of aromatic nitrogens is 2. The van der Waals surface area contributed by atoms with E-state index in [0.29, 0.717) is 0 Å². The van der Waals surface area contributed by atoms with Gasteiger partial charge in [-0.05, 0) is 34.2 Å². The second-order valence-electron chi connectivity index (χ2n) is 10.0. The molecule has 0 saturated heterocycles. The van der Waals surface area contributed by atoms with E-state index in [4.69, 9.17) is 14.7 Å². The number of ether oxygens (including phenoxy) is 1. The van der Waals surface area contributed by atoms with Crippen molar-refractivity contribution >= 4 is 22.9 Å². The highest BCUT2D eigenvalue weighted by molar-refractivity contribution is 6.03. The van der Waals surface area contributed by atoms with Crippen molar-refractivity contribution in [2.75, 3.05) is 7.11 Å². The zero-order valence-corrected chi connectivity index (χ0v) is 21.5. The first-order chi connectivity index (χ1) is 17.4. The van der Waals surface area contributed by atoms with Crippen molar-refractivity contribution in [1.29, 1.82) is 0 Å². The molecule has 0 spiro atoms. The van der Waals surface area contributed by atoms with Gasteiger partial charge in [-0.2, -0.15) is 0 Å². The fourth-order valence-corrected chi connectivity index (χ4v) is 4.54. The van der Waals surface area contributed by atoms with E-state index in [9.17, 15) is 0 Å². The number of benzene rings is 4.